The fourth-order valence-corrected chi connectivity index (χ4v) is 5.64. The first-order valence-corrected chi connectivity index (χ1v) is 12.3. The Labute approximate surface area is 217 Å². The minimum absolute atomic E-state index is 0.0434. The third-order valence-electron chi connectivity index (χ3n) is 6.06. The molecule has 36 heavy (non-hydrogen) atoms. The first kappa shape index (κ1) is 26.5. The second-order valence-electron chi connectivity index (χ2n) is 8.77. The van der Waals surface area contributed by atoms with Crippen molar-refractivity contribution in [2.45, 2.75) is 52.1 Å². The molecule has 0 bridgehead atoms. The number of rotatable bonds is 3. The van der Waals surface area contributed by atoms with Crippen LogP contribution in [0.4, 0.5) is 17.6 Å². The predicted molar refractivity (Wildman–Crippen MR) is 126 cm³/mol. The molecule has 1 aromatic heterocycles. The number of hydrogen-bond acceptors (Lipinski definition) is 6. The summed E-state index contributed by atoms with van der Waals surface area (Å²) in [5.74, 6) is -2.11. The zero-order valence-electron chi connectivity index (χ0n) is 19.1. The molecule has 7 nitrogen and oxygen atoms in total. The van der Waals surface area contributed by atoms with Gasteiger partial charge in [-0.3, -0.25) is 20.4 Å². The first-order chi connectivity index (χ1) is 16.7. The van der Waals surface area contributed by atoms with Crippen LogP contribution in [-0.2, 0) is 28.3 Å². The summed E-state index contributed by atoms with van der Waals surface area (Å²) in [5.41, 5.74) is 2.84. The maximum atomic E-state index is 14.2. The van der Waals surface area contributed by atoms with Crippen LogP contribution in [0.15, 0.2) is 17.3 Å². The van der Waals surface area contributed by atoms with Crippen LogP contribution in [0.2, 0.25) is 10.0 Å². The molecule has 0 radical (unpaired) electrons. The average Bonchev–Trinajstić information content (AvgIpc) is 3.49. The van der Waals surface area contributed by atoms with Crippen molar-refractivity contribution in [3.8, 4) is 0 Å². The minimum atomic E-state index is -4.91. The van der Waals surface area contributed by atoms with Gasteiger partial charge in [0, 0.05) is 22.9 Å². The maximum absolute atomic E-state index is 14.2. The van der Waals surface area contributed by atoms with Crippen LogP contribution >= 0.6 is 34.5 Å². The molecule has 0 saturated heterocycles. The zero-order valence-corrected chi connectivity index (χ0v) is 21.5. The Bertz CT molecular complexity index is 1260. The molecule has 1 aromatic carbocycles. The Hall–Kier alpha value is -2.57. The van der Waals surface area contributed by atoms with Gasteiger partial charge in [-0.25, -0.2) is 4.39 Å². The van der Waals surface area contributed by atoms with E-state index in [1.807, 2.05) is 0 Å². The molecule has 2 aromatic rings. The minimum Gasteiger partial charge on any atom is -0.372 e. The van der Waals surface area contributed by atoms with Gasteiger partial charge in [0.15, 0.2) is 5.82 Å². The summed E-state index contributed by atoms with van der Waals surface area (Å²) in [7, 11) is 0. The summed E-state index contributed by atoms with van der Waals surface area (Å²) in [6, 6.07) is 1.67. The van der Waals surface area contributed by atoms with Crippen LogP contribution in [0.25, 0.3) is 0 Å². The van der Waals surface area contributed by atoms with Crippen LogP contribution in [0.5, 0.6) is 0 Å². The highest BCUT2D eigenvalue weighted by molar-refractivity contribution is 7.14. The number of oxime groups is 1. The van der Waals surface area contributed by atoms with E-state index in [0.717, 1.165) is 22.6 Å². The largest absolute Gasteiger partial charge is 0.435 e. The number of hydrazine groups is 1. The van der Waals surface area contributed by atoms with Crippen LogP contribution in [0.1, 0.15) is 51.5 Å². The molecular weight excluding hydrogens is 547 g/mol. The van der Waals surface area contributed by atoms with E-state index < -0.39 is 45.5 Å². The Morgan fingerprint density at radius 2 is 1.83 bits per heavy atom. The molecule has 0 spiro atoms. The van der Waals surface area contributed by atoms with Crippen molar-refractivity contribution in [1.82, 2.24) is 15.8 Å². The van der Waals surface area contributed by atoms with Crippen molar-refractivity contribution in [2.75, 3.05) is 0 Å². The van der Waals surface area contributed by atoms with Gasteiger partial charge < -0.3 is 9.74 Å². The van der Waals surface area contributed by atoms with Gasteiger partial charge >= 0.3 is 6.18 Å². The highest BCUT2D eigenvalue weighted by Gasteiger charge is 2.63. The van der Waals surface area contributed by atoms with Crippen molar-refractivity contribution >= 4 is 52.2 Å². The quantitative estimate of drug-likeness (QED) is 0.295. The molecule has 194 valence electrons. The molecule has 2 aliphatic heterocycles. The van der Waals surface area contributed by atoms with Gasteiger partial charge in [-0.15, -0.1) is 11.3 Å². The van der Waals surface area contributed by atoms with Gasteiger partial charge in [0.05, 0.1) is 27.9 Å². The molecule has 14 heteroatoms. The van der Waals surface area contributed by atoms with Gasteiger partial charge in [0.1, 0.15) is 5.84 Å². The molecule has 2 aliphatic rings. The molecular formula is C22H20Cl2F4N4O3S. The Morgan fingerprint density at radius 3 is 2.39 bits per heavy atom. The maximum Gasteiger partial charge on any atom is 0.435 e. The number of hydrogen-bond donors (Lipinski definition) is 2. The lowest BCUT2D eigenvalue weighted by atomic mass is 9.89. The number of fused-ring (bicyclic) bond motifs is 1. The standard InChI is InChI=1S/C22H20Cl2F4N4O3S/c1-9(2)19(33)29-30-20(34)18-10(3)12-7-32(8-15(12)36-18)16-6-21(35-31-16,22(26,27)28)11-4-13(23)17(25)14(24)5-11/h4-5,9H,6-8H2,1-3H3,(H,29,33)(H,30,34). The number of carbonyl (C=O) groups is 2. The lowest BCUT2D eigenvalue weighted by molar-refractivity contribution is -0.275. The van der Waals surface area contributed by atoms with Crippen molar-refractivity contribution in [3.63, 3.8) is 0 Å². The smallest absolute Gasteiger partial charge is 0.372 e. The van der Waals surface area contributed by atoms with Gasteiger partial charge in [0.2, 0.25) is 5.91 Å². The first-order valence-electron chi connectivity index (χ1n) is 10.7. The second-order valence-corrected chi connectivity index (χ2v) is 10.7. The summed E-state index contributed by atoms with van der Waals surface area (Å²) in [4.78, 5) is 32.0. The van der Waals surface area contributed by atoms with E-state index in [2.05, 4.69) is 16.0 Å². The molecule has 4 rings (SSSR count). The summed E-state index contributed by atoms with van der Waals surface area (Å²) in [6.07, 6.45) is -5.58. The molecule has 2 N–H and O–H groups in total. The van der Waals surface area contributed by atoms with E-state index in [-0.39, 0.29) is 30.8 Å². The number of carbonyl (C=O) groups excluding carboxylic acids is 2. The van der Waals surface area contributed by atoms with E-state index in [1.54, 1.807) is 25.7 Å². The van der Waals surface area contributed by atoms with Crippen molar-refractivity contribution < 1.29 is 32.0 Å². The van der Waals surface area contributed by atoms with E-state index in [9.17, 15) is 27.2 Å². The van der Waals surface area contributed by atoms with Crippen LogP contribution in [0.3, 0.4) is 0 Å². The van der Waals surface area contributed by atoms with Crippen LogP contribution < -0.4 is 10.9 Å². The second kappa shape index (κ2) is 9.38. The molecule has 0 aliphatic carbocycles. The highest BCUT2D eigenvalue weighted by Crippen LogP contribution is 2.50. The number of thiophene rings is 1. The summed E-state index contributed by atoms with van der Waals surface area (Å²) in [6.45, 7) is 5.53. The third-order valence-corrected chi connectivity index (χ3v) is 7.92. The Balaban J connectivity index is 1.52. The lowest BCUT2D eigenvalue weighted by Crippen LogP contribution is -2.44. The number of nitrogens with zero attached hydrogens (tertiary/aromatic N) is 2. The summed E-state index contributed by atoms with van der Waals surface area (Å²) >= 11 is 12.7. The van der Waals surface area contributed by atoms with E-state index >= 15 is 0 Å². The van der Waals surface area contributed by atoms with Crippen molar-refractivity contribution in [3.05, 3.63) is 54.4 Å². The number of amides is 2. The summed E-state index contributed by atoms with van der Waals surface area (Å²) in [5, 5.41) is 2.61. The fraction of sp³-hybridized carbons (Fsp3) is 0.409. The number of halogens is 6. The SMILES string of the molecule is Cc1c(C(=O)NNC(=O)C(C)C)sc2c1CN(C1=NOC(c3cc(Cl)c(F)c(Cl)c3)(C(F)(F)F)C1)C2. The molecule has 1 atom stereocenters. The Kier molecular flexibility index (Phi) is 6.91. The molecule has 3 heterocycles. The topological polar surface area (TPSA) is 83.0 Å². The van der Waals surface area contributed by atoms with Crippen molar-refractivity contribution in [1.29, 1.82) is 0 Å². The monoisotopic (exact) mass is 566 g/mol. The number of benzene rings is 1. The average molecular weight is 567 g/mol. The van der Waals surface area contributed by atoms with E-state index in [0.29, 0.717) is 10.4 Å². The third kappa shape index (κ3) is 4.50. The normalized spacial score (nSPS) is 19.3. The lowest BCUT2D eigenvalue weighted by Gasteiger charge is -2.30. The zero-order chi connectivity index (χ0) is 26.6. The summed E-state index contributed by atoms with van der Waals surface area (Å²) < 4.78 is 56.6. The van der Waals surface area contributed by atoms with Gasteiger partial charge in [-0.05, 0) is 30.2 Å². The molecule has 0 saturated carbocycles. The molecule has 2 amide bonds. The van der Waals surface area contributed by atoms with Gasteiger partial charge in [-0.2, -0.15) is 13.2 Å². The van der Waals surface area contributed by atoms with E-state index in [4.69, 9.17) is 28.0 Å². The van der Waals surface area contributed by atoms with E-state index in [1.165, 1.54) is 11.3 Å². The predicted octanol–water partition coefficient (Wildman–Crippen LogP) is 5.43. The fourth-order valence-electron chi connectivity index (χ4n) is 3.93. The number of nitrogens with one attached hydrogen (secondary N) is 2. The number of amidine groups is 1. The highest BCUT2D eigenvalue weighted by atomic mass is 35.5. The van der Waals surface area contributed by atoms with Crippen LogP contribution in [-0.4, -0.2) is 28.7 Å². The Morgan fingerprint density at radius 1 is 1.19 bits per heavy atom. The van der Waals surface area contributed by atoms with Crippen molar-refractivity contribution in [2.24, 2.45) is 11.1 Å². The molecule has 0 fully saturated rings. The van der Waals surface area contributed by atoms with Gasteiger partial charge in [0.25, 0.3) is 11.5 Å². The number of alkyl halides is 3. The molecule has 1 unspecified atom stereocenters. The van der Waals surface area contributed by atoms with Crippen LogP contribution in [0, 0.1) is 18.7 Å². The van der Waals surface area contributed by atoms with Gasteiger partial charge in [-0.1, -0.05) is 42.2 Å².